The third-order valence-electron chi connectivity index (χ3n) is 4.90. The van der Waals surface area contributed by atoms with Crippen LogP contribution in [0.4, 0.5) is 0 Å². The Morgan fingerprint density at radius 2 is 1.95 bits per heavy atom. The van der Waals surface area contributed by atoms with Crippen LogP contribution in [-0.2, 0) is 14.2 Å². The predicted octanol–water partition coefficient (Wildman–Crippen LogP) is 3.57. The zero-order valence-electron chi connectivity index (χ0n) is 14.9. The quantitative estimate of drug-likeness (QED) is 0.788. The fourth-order valence-corrected chi connectivity index (χ4v) is 3.34. The first-order valence-corrected chi connectivity index (χ1v) is 8.39. The summed E-state index contributed by atoms with van der Waals surface area (Å²) < 4.78 is 17.9. The monoisotopic (exact) mass is 312 g/mol. The Bertz CT molecular complexity index is 423. The minimum absolute atomic E-state index is 0.0684. The zero-order valence-corrected chi connectivity index (χ0v) is 14.9. The SMILES string of the molecule is CC(C)=CCC[C@](C)(O)[C@H]1CC[C@@](C)([C@H]2COC(C)(C)O2)O1. The van der Waals surface area contributed by atoms with Crippen LogP contribution in [0.25, 0.3) is 0 Å². The molecule has 4 atom stereocenters. The summed E-state index contributed by atoms with van der Waals surface area (Å²) in [4.78, 5) is 0. The van der Waals surface area contributed by atoms with Gasteiger partial charge < -0.3 is 19.3 Å². The van der Waals surface area contributed by atoms with E-state index in [-0.39, 0.29) is 17.8 Å². The minimum Gasteiger partial charge on any atom is -0.387 e. The fourth-order valence-electron chi connectivity index (χ4n) is 3.34. The van der Waals surface area contributed by atoms with Crippen molar-refractivity contribution in [2.24, 2.45) is 0 Å². The predicted molar refractivity (Wildman–Crippen MR) is 86.7 cm³/mol. The van der Waals surface area contributed by atoms with Gasteiger partial charge in [-0.3, -0.25) is 0 Å². The van der Waals surface area contributed by atoms with Crippen LogP contribution in [0.5, 0.6) is 0 Å². The summed E-state index contributed by atoms with van der Waals surface area (Å²) in [5, 5.41) is 10.8. The van der Waals surface area contributed by atoms with Crippen LogP contribution in [0, 0.1) is 0 Å². The van der Waals surface area contributed by atoms with E-state index in [2.05, 4.69) is 26.8 Å². The number of aliphatic hydroxyl groups is 1. The number of rotatable bonds is 5. The van der Waals surface area contributed by atoms with E-state index in [4.69, 9.17) is 14.2 Å². The Kier molecular flexibility index (Phi) is 5.08. The molecule has 2 rings (SSSR count). The molecule has 0 aromatic carbocycles. The van der Waals surface area contributed by atoms with Crippen molar-refractivity contribution in [2.75, 3.05) is 6.61 Å². The Labute approximate surface area is 134 Å². The smallest absolute Gasteiger partial charge is 0.163 e. The second-order valence-corrected chi connectivity index (χ2v) is 7.95. The molecule has 0 aromatic rings. The van der Waals surface area contributed by atoms with E-state index in [0.717, 1.165) is 19.3 Å². The molecular formula is C18H32O4. The number of hydrogen-bond donors (Lipinski definition) is 1. The first-order valence-electron chi connectivity index (χ1n) is 8.39. The molecule has 0 spiro atoms. The molecule has 0 radical (unpaired) electrons. The van der Waals surface area contributed by atoms with Crippen LogP contribution in [0.2, 0.25) is 0 Å². The summed E-state index contributed by atoms with van der Waals surface area (Å²) in [5.74, 6) is -0.541. The summed E-state index contributed by atoms with van der Waals surface area (Å²) in [6, 6.07) is 0. The van der Waals surface area contributed by atoms with Gasteiger partial charge in [0.2, 0.25) is 0 Å². The normalized spacial score (nSPS) is 37.0. The van der Waals surface area contributed by atoms with Crippen LogP contribution >= 0.6 is 0 Å². The van der Waals surface area contributed by atoms with Crippen LogP contribution in [0.15, 0.2) is 11.6 Å². The number of hydrogen-bond acceptors (Lipinski definition) is 4. The molecular weight excluding hydrogens is 280 g/mol. The summed E-state index contributed by atoms with van der Waals surface area (Å²) in [7, 11) is 0. The lowest BCUT2D eigenvalue weighted by Crippen LogP contribution is -2.46. The van der Waals surface area contributed by atoms with Gasteiger partial charge in [0.1, 0.15) is 6.10 Å². The van der Waals surface area contributed by atoms with E-state index in [9.17, 15) is 5.11 Å². The average molecular weight is 312 g/mol. The lowest BCUT2D eigenvalue weighted by atomic mass is 9.90. The highest BCUT2D eigenvalue weighted by atomic mass is 16.8. The van der Waals surface area contributed by atoms with E-state index >= 15 is 0 Å². The molecule has 2 aliphatic heterocycles. The molecule has 2 heterocycles. The molecule has 4 nitrogen and oxygen atoms in total. The molecule has 0 amide bonds. The number of ether oxygens (including phenoxy) is 3. The molecule has 0 bridgehead atoms. The van der Waals surface area contributed by atoms with Crippen molar-refractivity contribution in [3.05, 3.63) is 11.6 Å². The summed E-state index contributed by atoms with van der Waals surface area (Å²) >= 11 is 0. The van der Waals surface area contributed by atoms with Gasteiger partial charge in [0.25, 0.3) is 0 Å². The Balaban J connectivity index is 1.95. The molecule has 2 saturated heterocycles. The minimum atomic E-state index is -0.807. The molecule has 22 heavy (non-hydrogen) atoms. The fraction of sp³-hybridized carbons (Fsp3) is 0.889. The van der Waals surface area contributed by atoms with Gasteiger partial charge in [0.15, 0.2) is 5.79 Å². The standard InChI is InChI=1S/C18H32O4/c1-13(2)8-7-10-17(5,19)14-9-11-18(6,22-14)15-12-20-16(3,4)21-15/h8,14-15,19H,7,9-12H2,1-6H3/t14-,15-,17+,18+/m1/s1. The van der Waals surface area contributed by atoms with Crippen molar-refractivity contribution in [1.29, 1.82) is 0 Å². The van der Waals surface area contributed by atoms with Crippen molar-refractivity contribution < 1.29 is 19.3 Å². The Morgan fingerprint density at radius 1 is 1.27 bits per heavy atom. The van der Waals surface area contributed by atoms with E-state index in [0.29, 0.717) is 13.0 Å². The molecule has 1 N–H and O–H groups in total. The maximum atomic E-state index is 10.8. The molecule has 0 saturated carbocycles. The van der Waals surface area contributed by atoms with E-state index in [1.165, 1.54) is 5.57 Å². The van der Waals surface area contributed by atoms with Gasteiger partial charge in [-0.1, -0.05) is 11.6 Å². The maximum Gasteiger partial charge on any atom is 0.163 e. The number of allylic oxidation sites excluding steroid dienone is 2. The lowest BCUT2D eigenvalue weighted by molar-refractivity contribution is -0.192. The summed E-state index contributed by atoms with van der Waals surface area (Å²) in [5.41, 5.74) is 0.101. The van der Waals surface area contributed by atoms with Crippen molar-refractivity contribution in [1.82, 2.24) is 0 Å². The molecule has 2 aliphatic rings. The highest BCUT2D eigenvalue weighted by Crippen LogP contribution is 2.42. The topological polar surface area (TPSA) is 47.9 Å². The molecule has 128 valence electrons. The van der Waals surface area contributed by atoms with Crippen molar-refractivity contribution >= 4 is 0 Å². The van der Waals surface area contributed by atoms with Crippen molar-refractivity contribution in [3.63, 3.8) is 0 Å². The Hall–Kier alpha value is -0.420. The van der Waals surface area contributed by atoms with Crippen LogP contribution < -0.4 is 0 Å². The van der Waals surface area contributed by atoms with E-state index < -0.39 is 11.4 Å². The van der Waals surface area contributed by atoms with Gasteiger partial charge in [0.05, 0.1) is 23.9 Å². The van der Waals surface area contributed by atoms with Gasteiger partial charge in [-0.25, -0.2) is 0 Å². The molecule has 0 unspecified atom stereocenters. The third-order valence-corrected chi connectivity index (χ3v) is 4.90. The van der Waals surface area contributed by atoms with Gasteiger partial charge in [-0.2, -0.15) is 0 Å². The van der Waals surface area contributed by atoms with E-state index in [1.54, 1.807) is 0 Å². The van der Waals surface area contributed by atoms with Crippen LogP contribution in [0.1, 0.15) is 67.2 Å². The van der Waals surface area contributed by atoms with Gasteiger partial charge in [-0.15, -0.1) is 0 Å². The average Bonchev–Trinajstić information content (AvgIpc) is 2.93. The van der Waals surface area contributed by atoms with Gasteiger partial charge in [-0.05, 0) is 67.2 Å². The van der Waals surface area contributed by atoms with E-state index in [1.807, 2.05) is 20.8 Å². The molecule has 2 fully saturated rings. The van der Waals surface area contributed by atoms with Crippen LogP contribution in [0.3, 0.4) is 0 Å². The lowest BCUT2D eigenvalue weighted by Gasteiger charge is -2.35. The van der Waals surface area contributed by atoms with Gasteiger partial charge >= 0.3 is 0 Å². The van der Waals surface area contributed by atoms with Gasteiger partial charge in [0, 0.05) is 0 Å². The summed E-state index contributed by atoms with van der Waals surface area (Å²) in [6.45, 7) is 12.5. The summed E-state index contributed by atoms with van der Waals surface area (Å²) in [6.07, 6.45) is 5.29. The third kappa shape index (κ3) is 4.10. The second kappa shape index (κ2) is 6.23. The highest BCUT2D eigenvalue weighted by Gasteiger charge is 2.52. The molecule has 0 aromatic heterocycles. The Morgan fingerprint density at radius 3 is 2.50 bits per heavy atom. The largest absolute Gasteiger partial charge is 0.387 e. The van der Waals surface area contributed by atoms with Crippen LogP contribution in [-0.4, -0.2) is 40.9 Å². The first kappa shape index (κ1) is 17.9. The maximum absolute atomic E-state index is 10.8. The molecule has 4 heteroatoms. The highest BCUT2D eigenvalue weighted by molar-refractivity contribution is 5.01. The van der Waals surface area contributed by atoms with Crippen molar-refractivity contribution in [2.45, 2.75) is 96.4 Å². The second-order valence-electron chi connectivity index (χ2n) is 7.95. The molecule has 0 aliphatic carbocycles. The zero-order chi connectivity index (χ0) is 16.6. The first-order chi connectivity index (χ1) is 10.0. The van der Waals surface area contributed by atoms with Crippen molar-refractivity contribution in [3.8, 4) is 0 Å².